The molecule has 0 spiro atoms. The first-order valence-electron chi connectivity index (χ1n) is 8.14. The second-order valence-corrected chi connectivity index (χ2v) is 8.23. The molecule has 0 unspecified atom stereocenters. The lowest BCUT2D eigenvalue weighted by Crippen LogP contribution is -2.41. The normalized spacial score (nSPS) is 14.9. The minimum Gasteiger partial charge on any atom is -0.354 e. The number of hydrogen-bond acceptors (Lipinski definition) is 4. The van der Waals surface area contributed by atoms with Crippen molar-refractivity contribution in [3.63, 3.8) is 0 Å². The molecular formula is C16H22BrN3O3S. The molecule has 1 aromatic rings. The van der Waals surface area contributed by atoms with Crippen LogP contribution in [-0.4, -0.2) is 37.4 Å². The zero-order valence-electron chi connectivity index (χ0n) is 13.4. The van der Waals surface area contributed by atoms with Gasteiger partial charge in [0, 0.05) is 19.0 Å². The van der Waals surface area contributed by atoms with E-state index in [0.717, 1.165) is 29.5 Å². The molecule has 8 heteroatoms. The molecule has 1 aromatic heterocycles. The summed E-state index contributed by atoms with van der Waals surface area (Å²) in [4.78, 5) is 36.0. The third-order valence-corrected chi connectivity index (χ3v) is 5.55. The molecule has 0 saturated heterocycles. The highest BCUT2D eigenvalue weighted by atomic mass is 79.9. The monoisotopic (exact) mass is 415 g/mol. The fourth-order valence-corrected chi connectivity index (χ4v) is 3.95. The Kier molecular flexibility index (Phi) is 7.71. The van der Waals surface area contributed by atoms with Crippen molar-refractivity contribution in [1.29, 1.82) is 0 Å². The summed E-state index contributed by atoms with van der Waals surface area (Å²) in [6.07, 6.45) is 5.38. The zero-order valence-corrected chi connectivity index (χ0v) is 15.8. The summed E-state index contributed by atoms with van der Waals surface area (Å²) in [5.41, 5.74) is 0. The second kappa shape index (κ2) is 9.78. The number of carbonyl (C=O) groups excluding carboxylic acids is 3. The number of carbonyl (C=O) groups is 3. The number of halogens is 1. The van der Waals surface area contributed by atoms with Crippen LogP contribution >= 0.6 is 27.3 Å². The smallest absolute Gasteiger partial charge is 0.261 e. The molecule has 0 radical (unpaired) electrons. The lowest BCUT2D eigenvalue weighted by molar-refractivity contribution is -0.126. The van der Waals surface area contributed by atoms with Gasteiger partial charge in [0.2, 0.25) is 11.8 Å². The van der Waals surface area contributed by atoms with Gasteiger partial charge in [0.15, 0.2) is 0 Å². The van der Waals surface area contributed by atoms with Crippen molar-refractivity contribution >= 4 is 45.0 Å². The van der Waals surface area contributed by atoms with E-state index >= 15 is 0 Å². The van der Waals surface area contributed by atoms with Gasteiger partial charge >= 0.3 is 0 Å². The average molecular weight is 416 g/mol. The van der Waals surface area contributed by atoms with Gasteiger partial charge in [0.05, 0.1) is 15.2 Å². The first-order valence-corrected chi connectivity index (χ1v) is 9.75. The Bertz CT molecular complexity index is 585. The molecule has 1 aliphatic carbocycles. The predicted molar refractivity (Wildman–Crippen MR) is 96.9 cm³/mol. The van der Waals surface area contributed by atoms with Gasteiger partial charge < -0.3 is 16.0 Å². The quantitative estimate of drug-likeness (QED) is 0.595. The molecule has 1 aliphatic rings. The molecule has 0 bridgehead atoms. The Hall–Kier alpha value is -1.41. The minimum atomic E-state index is -0.272. The highest BCUT2D eigenvalue weighted by Crippen LogP contribution is 2.23. The van der Waals surface area contributed by atoms with Crippen LogP contribution in [-0.2, 0) is 9.59 Å². The van der Waals surface area contributed by atoms with Gasteiger partial charge in [-0.05, 0) is 40.9 Å². The van der Waals surface area contributed by atoms with Gasteiger partial charge in [-0.1, -0.05) is 19.3 Å². The summed E-state index contributed by atoms with van der Waals surface area (Å²) < 4.78 is 0.866. The molecule has 0 aliphatic heterocycles. The topological polar surface area (TPSA) is 87.3 Å². The summed E-state index contributed by atoms with van der Waals surface area (Å²) in [7, 11) is 0. The van der Waals surface area contributed by atoms with Crippen LogP contribution in [0.4, 0.5) is 0 Å². The summed E-state index contributed by atoms with van der Waals surface area (Å²) in [5, 5.41) is 8.10. The summed E-state index contributed by atoms with van der Waals surface area (Å²) in [6.45, 7) is 0.690. The Labute approximate surface area is 153 Å². The summed E-state index contributed by atoms with van der Waals surface area (Å²) >= 11 is 4.60. The predicted octanol–water partition coefficient (Wildman–Crippen LogP) is 2.05. The zero-order chi connectivity index (χ0) is 17.4. The first kappa shape index (κ1) is 18.9. The molecule has 6 nitrogen and oxygen atoms in total. The number of hydrogen-bond donors (Lipinski definition) is 3. The van der Waals surface area contributed by atoms with Crippen LogP contribution < -0.4 is 16.0 Å². The van der Waals surface area contributed by atoms with Crippen molar-refractivity contribution in [3.8, 4) is 0 Å². The first-order chi connectivity index (χ1) is 11.6. The molecule has 0 atom stereocenters. The van der Waals surface area contributed by atoms with E-state index in [-0.39, 0.29) is 30.2 Å². The van der Waals surface area contributed by atoms with E-state index in [9.17, 15) is 14.4 Å². The SMILES string of the molecule is O=C(CNC(=O)c1ccc(Br)s1)NCCNC(=O)C1CCCCC1. The van der Waals surface area contributed by atoms with Crippen LogP contribution in [0.15, 0.2) is 15.9 Å². The average Bonchev–Trinajstić information content (AvgIpc) is 3.03. The summed E-state index contributed by atoms with van der Waals surface area (Å²) in [5.74, 6) is -0.336. The largest absolute Gasteiger partial charge is 0.354 e. The van der Waals surface area contributed by atoms with E-state index < -0.39 is 0 Å². The van der Waals surface area contributed by atoms with Gasteiger partial charge in [-0.3, -0.25) is 14.4 Å². The Morgan fingerprint density at radius 1 is 1.04 bits per heavy atom. The van der Waals surface area contributed by atoms with Gasteiger partial charge in [-0.25, -0.2) is 0 Å². The number of thiophene rings is 1. The second-order valence-electron chi connectivity index (χ2n) is 5.76. The molecular weight excluding hydrogens is 394 g/mol. The van der Waals surface area contributed by atoms with E-state index in [1.54, 1.807) is 12.1 Å². The van der Waals surface area contributed by atoms with Crippen molar-refractivity contribution in [2.45, 2.75) is 32.1 Å². The van der Waals surface area contributed by atoms with E-state index in [1.165, 1.54) is 17.8 Å². The molecule has 132 valence electrons. The maximum atomic E-state index is 11.9. The highest BCUT2D eigenvalue weighted by Gasteiger charge is 2.20. The molecule has 1 saturated carbocycles. The highest BCUT2D eigenvalue weighted by molar-refractivity contribution is 9.11. The molecule has 1 fully saturated rings. The van der Waals surface area contributed by atoms with Crippen molar-refractivity contribution in [3.05, 3.63) is 20.8 Å². The van der Waals surface area contributed by atoms with Crippen LogP contribution in [0.5, 0.6) is 0 Å². The van der Waals surface area contributed by atoms with Crippen molar-refractivity contribution in [2.75, 3.05) is 19.6 Å². The summed E-state index contributed by atoms with van der Waals surface area (Å²) in [6, 6.07) is 3.48. The number of nitrogens with one attached hydrogen (secondary N) is 3. The standard InChI is InChI=1S/C16H22BrN3O3S/c17-13-7-6-12(24-13)16(23)20-10-14(21)18-8-9-19-15(22)11-4-2-1-3-5-11/h6-7,11H,1-5,8-10H2,(H,18,21)(H,19,22)(H,20,23). The third-order valence-electron chi connectivity index (χ3n) is 3.93. The van der Waals surface area contributed by atoms with Crippen LogP contribution in [0.25, 0.3) is 0 Å². The maximum Gasteiger partial charge on any atom is 0.261 e. The molecule has 1 heterocycles. The van der Waals surface area contributed by atoms with Crippen LogP contribution in [0.2, 0.25) is 0 Å². The molecule has 24 heavy (non-hydrogen) atoms. The van der Waals surface area contributed by atoms with Gasteiger partial charge in [0.25, 0.3) is 5.91 Å². The fraction of sp³-hybridized carbons (Fsp3) is 0.562. The lowest BCUT2D eigenvalue weighted by Gasteiger charge is -2.20. The Morgan fingerprint density at radius 2 is 1.75 bits per heavy atom. The van der Waals surface area contributed by atoms with Crippen LogP contribution in [0, 0.1) is 5.92 Å². The van der Waals surface area contributed by atoms with E-state index in [1.807, 2.05) is 0 Å². The number of amides is 3. The fourth-order valence-electron chi connectivity index (χ4n) is 2.64. The molecule has 0 aromatic carbocycles. The molecule has 2 rings (SSSR count). The van der Waals surface area contributed by atoms with E-state index in [2.05, 4.69) is 31.9 Å². The van der Waals surface area contributed by atoms with Crippen LogP contribution in [0.3, 0.4) is 0 Å². The van der Waals surface area contributed by atoms with Crippen molar-refractivity contribution in [1.82, 2.24) is 16.0 Å². The Balaban J connectivity index is 1.56. The van der Waals surface area contributed by atoms with Crippen molar-refractivity contribution in [2.24, 2.45) is 5.92 Å². The maximum absolute atomic E-state index is 11.9. The van der Waals surface area contributed by atoms with Gasteiger partial charge in [0.1, 0.15) is 0 Å². The van der Waals surface area contributed by atoms with Crippen LogP contribution in [0.1, 0.15) is 41.8 Å². The van der Waals surface area contributed by atoms with Gasteiger partial charge in [-0.2, -0.15) is 0 Å². The lowest BCUT2D eigenvalue weighted by atomic mass is 9.89. The van der Waals surface area contributed by atoms with E-state index in [0.29, 0.717) is 18.0 Å². The molecule has 3 amide bonds. The third kappa shape index (κ3) is 6.24. The minimum absolute atomic E-state index is 0.0784. The molecule has 3 N–H and O–H groups in total. The Morgan fingerprint density at radius 3 is 2.42 bits per heavy atom. The number of rotatable bonds is 7. The van der Waals surface area contributed by atoms with Crippen molar-refractivity contribution < 1.29 is 14.4 Å². The van der Waals surface area contributed by atoms with Gasteiger partial charge in [-0.15, -0.1) is 11.3 Å². The van der Waals surface area contributed by atoms with E-state index in [4.69, 9.17) is 0 Å².